The molecule has 242 valence electrons. The Balaban J connectivity index is 1.05. The summed E-state index contributed by atoms with van der Waals surface area (Å²) in [7, 11) is 1.65. The molecule has 1 unspecified atom stereocenters. The van der Waals surface area contributed by atoms with E-state index in [1.807, 2.05) is 84.4 Å². The normalized spacial score (nSPS) is 17.4. The molecule has 0 radical (unpaired) electrons. The van der Waals surface area contributed by atoms with E-state index in [0.717, 1.165) is 64.1 Å². The maximum atomic E-state index is 13.8. The summed E-state index contributed by atoms with van der Waals surface area (Å²) in [4.78, 5) is 45.3. The highest BCUT2D eigenvalue weighted by Crippen LogP contribution is 2.31. The molecule has 11 nitrogen and oxygen atoms in total. The number of benzene rings is 2. The van der Waals surface area contributed by atoms with Crippen LogP contribution in [0, 0.1) is 12.8 Å². The Bertz CT molecular complexity index is 1840. The number of anilines is 1. The van der Waals surface area contributed by atoms with Gasteiger partial charge in [-0.2, -0.15) is 5.10 Å². The van der Waals surface area contributed by atoms with Gasteiger partial charge in [-0.05, 0) is 74.7 Å². The van der Waals surface area contributed by atoms with E-state index in [0.29, 0.717) is 38.6 Å². The van der Waals surface area contributed by atoms with E-state index in [1.165, 1.54) is 11.9 Å². The molecule has 2 aromatic carbocycles. The van der Waals surface area contributed by atoms with Crippen LogP contribution in [-0.4, -0.2) is 95.3 Å². The van der Waals surface area contributed by atoms with Gasteiger partial charge in [0.15, 0.2) is 0 Å². The Morgan fingerprint density at radius 3 is 2.62 bits per heavy atom. The first-order valence-corrected chi connectivity index (χ1v) is 16.1. The minimum absolute atomic E-state index is 0.0898. The molecule has 1 atom stereocenters. The summed E-state index contributed by atoms with van der Waals surface area (Å²) in [6, 6.07) is 17.9. The van der Waals surface area contributed by atoms with Gasteiger partial charge in [0.05, 0.1) is 18.0 Å². The van der Waals surface area contributed by atoms with Crippen LogP contribution >= 0.6 is 0 Å². The number of aromatic amines is 1. The average Bonchev–Trinajstić information content (AvgIpc) is 3.75. The second-order valence-corrected chi connectivity index (χ2v) is 12.1. The zero-order chi connectivity index (χ0) is 32.9. The van der Waals surface area contributed by atoms with Crippen molar-refractivity contribution < 1.29 is 9.59 Å². The Kier molecular flexibility index (Phi) is 9.53. The van der Waals surface area contributed by atoms with Crippen molar-refractivity contribution >= 4 is 46.2 Å². The number of likely N-dealkylation sites (tertiary alicyclic amines) is 1. The second-order valence-electron chi connectivity index (χ2n) is 12.1. The number of nitrogens with one attached hydrogen (secondary N) is 1. The summed E-state index contributed by atoms with van der Waals surface area (Å²) >= 11 is 0. The number of amidine groups is 1. The number of nitrogens with zero attached hydrogens (tertiary/aromatic N) is 7. The fraction of sp³-hybridized carbons (Fsp3) is 0.333. The van der Waals surface area contributed by atoms with Crippen molar-refractivity contribution in [3.05, 3.63) is 83.7 Å². The molecule has 2 aromatic heterocycles. The summed E-state index contributed by atoms with van der Waals surface area (Å²) in [5.41, 5.74) is 13.6. The van der Waals surface area contributed by atoms with E-state index < -0.39 is 0 Å². The number of pyridine rings is 1. The molecule has 1 fully saturated rings. The van der Waals surface area contributed by atoms with E-state index >= 15 is 0 Å². The maximum absolute atomic E-state index is 13.8. The molecule has 0 aliphatic carbocycles. The van der Waals surface area contributed by atoms with Gasteiger partial charge in [-0.3, -0.25) is 29.6 Å². The van der Waals surface area contributed by atoms with Gasteiger partial charge in [0.2, 0.25) is 11.8 Å². The smallest absolute Gasteiger partial charge is 0.237 e. The number of aromatic nitrogens is 3. The minimum atomic E-state index is -0.160. The molecule has 2 aliphatic heterocycles. The summed E-state index contributed by atoms with van der Waals surface area (Å²) in [6.07, 6.45) is 6.90. The second kappa shape index (κ2) is 14.1. The molecule has 4 heterocycles. The van der Waals surface area contributed by atoms with Crippen molar-refractivity contribution in [2.24, 2.45) is 21.6 Å². The van der Waals surface area contributed by atoms with Crippen molar-refractivity contribution in [1.29, 1.82) is 0 Å². The Labute approximate surface area is 274 Å². The number of carbonyl (C=O) groups is 2. The third-order valence-corrected chi connectivity index (χ3v) is 9.03. The maximum Gasteiger partial charge on any atom is 0.237 e. The first-order chi connectivity index (χ1) is 22.8. The number of nitrogens with two attached hydrogens (primary N) is 1. The molecule has 2 aliphatic rings. The number of aliphatic imine (C=N–C) groups is 2. The summed E-state index contributed by atoms with van der Waals surface area (Å²) < 4.78 is 0. The lowest BCUT2D eigenvalue weighted by molar-refractivity contribution is -0.132. The van der Waals surface area contributed by atoms with Crippen LogP contribution in [0.25, 0.3) is 27.7 Å². The fourth-order valence-electron chi connectivity index (χ4n) is 6.36. The Morgan fingerprint density at radius 1 is 1.11 bits per heavy atom. The van der Waals surface area contributed by atoms with Gasteiger partial charge in [-0.15, -0.1) is 0 Å². The third-order valence-electron chi connectivity index (χ3n) is 9.03. The van der Waals surface area contributed by atoms with Crippen LogP contribution in [0.2, 0.25) is 0 Å². The lowest BCUT2D eigenvalue weighted by Gasteiger charge is -2.29. The molecule has 3 N–H and O–H groups in total. The zero-order valence-electron chi connectivity index (χ0n) is 27.2. The Morgan fingerprint density at radius 2 is 1.91 bits per heavy atom. The number of fused-ring (bicyclic) bond motifs is 1. The van der Waals surface area contributed by atoms with Gasteiger partial charge in [0.25, 0.3) is 0 Å². The van der Waals surface area contributed by atoms with Crippen molar-refractivity contribution in [2.75, 3.05) is 51.2 Å². The van der Waals surface area contributed by atoms with Gasteiger partial charge in [0, 0.05) is 67.3 Å². The average molecular weight is 632 g/mol. The third kappa shape index (κ3) is 7.00. The van der Waals surface area contributed by atoms with Crippen molar-refractivity contribution in [2.45, 2.75) is 26.7 Å². The van der Waals surface area contributed by atoms with Crippen LogP contribution in [0.1, 0.15) is 36.6 Å². The quantitative estimate of drug-likeness (QED) is 0.209. The van der Waals surface area contributed by atoms with Gasteiger partial charge < -0.3 is 15.5 Å². The van der Waals surface area contributed by atoms with Crippen LogP contribution in [0.5, 0.6) is 0 Å². The topological polar surface area (TPSA) is 136 Å². The molecule has 1 saturated heterocycles. The van der Waals surface area contributed by atoms with Crippen molar-refractivity contribution in [3.8, 4) is 11.3 Å². The molecule has 4 aromatic rings. The Hall–Kier alpha value is -5.16. The predicted octanol–water partition coefficient (Wildman–Crippen LogP) is 4.29. The highest BCUT2D eigenvalue weighted by molar-refractivity contribution is 6.02. The van der Waals surface area contributed by atoms with Crippen LogP contribution < -0.4 is 10.6 Å². The van der Waals surface area contributed by atoms with Gasteiger partial charge in [0.1, 0.15) is 17.9 Å². The van der Waals surface area contributed by atoms with Gasteiger partial charge in [-0.25, -0.2) is 4.99 Å². The van der Waals surface area contributed by atoms with Crippen molar-refractivity contribution in [1.82, 2.24) is 25.0 Å². The molecule has 2 amide bonds. The first-order valence-electron chi connectivity index (χ1n) is 16.1. The number of carbonyl (C=O) groups excluding carboxylic acids is 2. The van der Waals surface area contributed by atoms with Crippen LogP contribution in [0.3, 0.4) is 0 Å². The van der Waals surface area contributed by atoms with Crippen molar-refractivity contribution in [3.63, 3.8) is 0 Å². The number of rotatable bonds is 9. The molecule has 6 rings (SSSR count). The molecular formula is C36H41N9O2. The summed E-state index contributed by atoms with van der Waals surface area (Å²) in [5, 5.41) is 8.58. The predicted molar refractivity (Wildman–Crippen MR) is 187 cm³/mol. The van der Waals surface area contributed by atoms with E-state index in [4.69, 9.17) is 5.73 Å². The summed E-state index contributed by atoms with van der Waals surface area (Å²) in [6.45, 7) is 7.37. The molecule has 0 bridgehead atoms. The minimum Gasteiger partial charge on any atom is -0.383 e. The van der Waals surface area contributed by atoms with Crippen LogP contribution in [0.4, 0.5) is 5.69 Å². The number of hydrogen-bond acceptors (Lipinski definition) is 6. The van der Waals surface area contributed by atoms with Gasteiger partial charge >= 0.3 is 0 Å². The van der Waals surface area contributed by atoms with Gasteiger partial charge in [-0.1, -0.05) is 30.3 Å². The van der Waals surface area contributed by atoms with Crippen LogP contribution in [-0.2, 0) is 9.59 Å². The highest BCUT2D eigenvalue weighted by atomic mass is 16.2. The van der Waals surface area contributed by atoms with E-state index in [-0.39, 0.29) is 17.7 Å². The first kappa shape index (κ1) is 31.8. The standard InChI is InChI=1S/C36H41N9O2/c1-4-45(30-11-12-32-31(19-30)34(42-41-32)28-6-5-24(2)39-20-28)36(47)29-13-16-43(21-29)22-33(46)44-17-14-26(15-18-44)25-7-9-27(10-8-25)35(37)40-23-38-3/h5-12,14,19-20,23,29H,4,13,15-18,21-22H2,1-3H3,(H,41,42)(H2,37,38,40). The van der Waals surface area contributed by atoms with E-state index in [9.17, 15) is 9.59 Å². The lowest BCUT2D eigenvalue weighted by atomic mass is 9.98. The lowest BCUT2D eigenvalue weighted by Crippen LogP contribution is -2.42. The molecule has 0 spiro atoms. The van der Waals surface area contributed by atoms with E-state index in [1.54, 1.807) is 7.05 Å². The van der Waals surface area contributed by atoms with Crippen LogP contribution in [0.15, 0.2) is 76.9 Å². The fourth-order valence-corrected chi connectivity index (χ4v) is 6.36. The number of amides is 2. The number of H-pyrrole nitrogens is 1. The summed E-state index contributed by atoms with van der Waals surface area (Å²) in [5.74, 6) is 0.451. The zero-order valence-corrected chi connectivity index (χ0v) is 27.2. The highest BCUT2D eigenvalue weighted by Gasteiger charge is 2.33. The number of aryl methyl sites for hydroxylation is 1. The SMILES string of the molecule is CCN(C(=O)C1CCN(CC(=O)N2CC=C(c3ccc(C(N)=NC=NC)cc3)CC2)C1)c1ccc2[nH]nc(-c3ccc(C)nc3)c2c1. The van der Waals surface area contributed by atoms with E-state index in [2.05, 4.69) is 36.1 Å². The molecule has 11 heteroatoms. The largest absolute Gasteiger partial charge is 0.383 e. The number of hydrogen-bond donors (Lipinski definition) is 2. The molecule has 0 saturated carbocycles. The monoisotopic (exact) mass is 631 g/mol. The molecule has 47 heavy (non-hydrogen) atoms. The molecular weight excluding hydrogens is 590 g/mol.